The highest BCUT2D eigenvalue weighted by molar-refractivity contribution is 5.33. The van der Waals surface area contributed by atoms with Gasteiger partial charge < -0.3 is 4.74 Å². The molecule has 0 N–H and O–H groups in total. The van der Waals surface area contributed by atoms with Crippen LogP contribution in [0.25, 0.3) is 0 Å². The largest absolute Gasteiger partial charge is 0.478 e. The van der Waals surface area contributed by atoms with Crippen LogP contribution >= 0.6 is 0 Å². The normalized spacial score (nSPS) is 9.08. The molecule has 3 nitrogen and oxygen atoms in total. The molecule has 0 radical (unpaired) electrons. The van der Waals surface area contributed by atoms with Gasteiger partial charge in [0.25, 0.3) is 0 Å². The van der Waals surface area contributed by atoms with Crippen molar-refractivity contribution in [3.8, 4) is 11.9 Å². The Hall–Kier alpha value is -1.56. The van der Waals surface area contributed by atoms with Gasteiger partial charge in [-0.3, -0.25) is 0 Å². The number of aromatic nitrogens is 1. The molecule has 0 spiro atoms. The van der Waals surface area contributed by atoms with E-state index in [0.717, 1.165) is 5.56 Å². The molecule has 62 valence electrons. The molecule has 0 saturated carbocycles. The van der Waals surface area contributed by atoms with E-state index in [1.807, 2.05) is 26.0 Å². The highest BCUT2D eigenvalue weighted by Gasteiger charge is 2.00. The Morgan fingerprint density at radius 1 is 1.58 bits per heavy atom. The zero-order valence-corrected chi connectivity index (χ0v) is 7.16. The number of nitrogens with zero attached hydrogens (tertiary/aromatic N) is 2. The van der Waals surface area contributed by atoms with Gasteiger partial charge in [-0.15, -0.1) is 0 Å². The van der Waals surface area contributed by atoms with Crippen LogP contribution in [-0.2, 0) is 0 Å². The topological polar surface area (TPSA) is 45.9 Å². The predicted molar refractivity (Wildman–Crippen MR) is 44.9 cm³/mol. The lowest BCUT2D eigenvalue weighted by Gasteiger charge is -2.02. The second-order valence-corrected chi connectivity index (χ2v) is 2.36. The fourth-order valence-corrected chi connectivity index (χ4v) is 0.852. The molecule has 1 aromatic rings. The maximum absolute atomic E-state index is 8.64. The molecule has 0 atom stereocenters. The summed E-state index contributed by atoms with van der Waals surface area (Å²) < 4.78 is 5.14. The summed E-state index contributed by atoms with van der Waals surface area (Å²) in [6.07, 6.45) is 0. The van der Waals surface area contributed by atoms with Gasteiger partial charge in [-0.2, -0.15) is 5.26 Å². The molecule has 0 aliphatic rings. The second-order valence-electron chi connectivity index (χ2n) is 2.36. The van der Waals surface area contributed by atoms with E-state index >= 15 is 0 Å². The third-order valence-electron chi connectivity index (χ3n) is 1.47. The zero-order chi connectivity index (χ0) is 8.97. The van der Waals surface area contributed by atoms with Gasteiger partial charge in [0.05, 0.1) is 6.61 Å². The van der Waals surface area contributed by atoms with Gasteiger partial charge in [0, 0.05) is 6.07 Å². The van der Waals surface area contributed by atoms with Crippen LogP contribution in [0.3, 0.4) is 0 Å². The Bertz CT molecular complexity index is 315. The lowest BCUT2D eigenvalue weighted by molar-refractivity contribution is 0.326. The fraction of sp³-hybridized carbons (Fsp3) is 0.333. The van der Waals surface area contributed by atoms with Crippen molar-refractivity contribution in [2.45, 2.75) is 13.8 Å². The Labute approximate surface area is 71.6 Å². The summed E-state index contributed by atoms with van der Waals surface area (Å²) in [6.45, 7) is 4.30. The minimum Gasteiger partial charge on any atom is -0.478 e. The van der Waals surface area contributed by atoms with Crippen LogP contribution in [0.2, 0.25) is 0 Å². The van der Waals surface area contributed by atoms with E-state index in [1.54, 1.807) is 6.07 Å². The van der Waals surface area contributed by atoms with Gasteiger partial charge in [0.2, 0.25) is 5.88 Å². The van der Waals surface area contributed by atoms with Crippen LogP contribution in [0.5, 0.6) is 5.88 Å². The van der Waals surface area contributed by atoms with Crippen LogP contribution in [0, 0.1) is 18.3 Å². The molecule has 0 bridgehead atoms. The summed E-state index contributed by atoms with van der Waals surface area (Å²) in [5.74, 6) is 0.514. The molecule has 0 aliphatic carbocycles. The minimum absolute atomic E-state index is 0.431. The summed E-state index contributed by atoms with van der Waals surface area (Å²) in [5.41, 5.74) is 1.31. The van der Waals surface area contributed by atoms with Gasteiger partial charge in [-0.05, 0) is 19.4 Å². The third kappa shape index (κ3) is 1.73. The first-order valence-electron chi connectivity index (χ1n) is 3.78. The molecule has 0 amide bonds. The van der Waals surface area contributed by atoms with Crippen LogP contribution in [0.4, 0.5) is 0 Å². The molecular weight excluding hydrogens is 152 g/mol. The maximum atomic E-state index is 8.64. The number of rotatable bonds is 2. The number of hydrogen-bond donors (Lipinski definition) is 0. The highest BCUT2D eigenvalue weighted by atomic mass is 16.5. The van der Waals surface area contributed by atoms with Crippen molar-refractivity contribution in [1.82, 2.24) is 4.98 Å². The van der Waals surface area contributed by atoms with Crippen LogP contribution in [0.1, 0.15) is 18.2 Å². The number of ether oxygens (including phenoxy) is 1. The predicted octanol–water partition coefficient (Wildman–Crippen LogP) is 1.66. The quantitative estimate of drug-likeness (QED) is 0.664. The zero-order valence-electron chi connectivity index (χ0n) is 7.16. The Balaban J connectivity index is 2.99. The first-order valence-corrected chi connectivity index (χ1v) is 3.78. The average Bonchev–Trinajstić information content (AvgIpc) is 2.09. The molecule has 0 aliphatic heterocycles. The summed E-state index contributed by atoms with van der Waals surface area (Å²) in [7, 11) is 0. The van der Waals surface area contributed by atoms with Gasteiger partial charge in [0.15, 0.2) is 0 Å². The standard InChI is InChI=1S/C9H10N2O/c1-3-12-9-5-4-7(2)8(6-10)11-9/h4-5H,3H2,1-2H3. The molecule has 3 heteroatoms. The summed E-state index contributed by atoms with van der Waals surface area (Å²) >= 11 is 0. The third-order valence-corrected chi connectivity index (χ3v) is 1.47. The van der Waals surface area contributed by atoms with E-state index in [4.69, 9.17) is 10.00 Å². The van der Waals surface area contributed by atoms with Gasteiger partial charge in [-0.25, -0.2) is 4.98 Å². The van der Waals surface area contributed by atoms with Crippen molar-refractivity contribution in [1.29, 1.82) is 5.26 Å². The van der Waals surface area contributed by atoms with Gasteiger partial charge in [0.1, 0.15) is 11.8 Å². The van der Waals surface area contributed by atoms with Crippen molar-refractivity contribution in [3.05, 3.63) is 23.4 Å². The molecule has 0 unspecified atom stereocenters. The Morgan fingerprint density at radius 3 is 2.92 bits per heavy atom. The second kappa shape index (κ2) is 3.72. The Kier molecular flexibility index (Phi) is 2.65. The van der Waals surface area contributed by atoms with Crippen molar-refractivity contribution in [3.63, 3.8) is 0 Å². The molecule has 1 aromatic heterocycles. The molecular formula is C9H10N2O. The van der Waals surface area contributed by atoms with Crippen molar-refractivity contribution >= 4 is 0 Å². The lowest BCUT2D eigenvalue weighted by Crippen LogP contribution is -1.96. The minimum atomic E-state index is 0.431. The van der Waals surface area contributed by atoms with Crippen LogP contribution < -0.4 is 4.74 Å². The molecule has 0 saturated heterocycles. The molecule has 1 heterocycles. The molecule has 1 rings (SSSR count). The summed E-state index contributed by atoms with van der Waals surface area (Å²) in [4.78, 5) is 4.00. The van der Waals surface area contributed by atoms with Crippen molar-refractivity contribution in [2.75, 3.05) is 6.61 Å². The van der Waals surface area contributed by atoms with E-state index in [0.29, 0.717) is 18.2 Å². The van der Waals surface area contributed by atoms with E-state index in [2.05, 4.69) is 4.98 Å². The maximum Gasteiger partial charge on any atom is 0.214 e. The molecule has 0 fully saturated rings. The summed E-state index contributed by atoms with van der Waals surface area (Å²) in [5, 5.41) is 8.64. The lowest BCUT2D eigenvalue weighted by atomic mass is 10.2. The van der Waals surface area contributed by atoms with E-state index in [-0.39, 0.29) is 0 Å². The number of nitriles is 1. The molecule has 0 aromatic carbocycles. The first kappa shape index (κ1) is 8.54. The van der Waals surface area contributed by atoms with Crippen LogP contribution in [0.15, 0.2) is 12.1 Å². The summed E-state index contributed by atoms with van der Waals surface area (Å²) in [6, 6.07) is 5.60. The molecule has 12 heavy (non-hydrogen) atoms. The van der Waals surface area contributed by atoms with E-state index in [9.17, 15) is 0 Å². The highest BCUT2D eigenvalue weighted by Crippen LogP contribution is 2.10. The number of pyridine rings is 1. The SMILES string of the molecule is CCOc1ccc(C)c(C#N)n1. The van der Waals surface area contributed by atoms with E-state index in [1.165, 1.54) is 0 Å². The van der Waals surface area contributed by atoms with E-state index < -0.39 is 0 Å². The fourth-order valence-electron chi connectivity index (χ4n) is 0.852. The van der Waals surface area contributed by atoms with Crippen molar-refractivity contribution < 1.29 is 4.74 Å². The number of aryl methyl sites for hydroxylation is 1. The van der Waals surface area contributed by atoms with Crippen LogP contribution in [-0.4, -0.2) is 11.6 Å². The Morgan fingerprint density at radius 2 is 2.33 bits per heavy atom. The van der Waals surface area contributed by atoms with Gasteiger partial charge >= 0.3 is 0 Å². The van der Waals surface area contributed by atoms with Gasteiger partial charge in [-0.1, -0.05) is 6.07 Å². The monoisotopic (exact) mass is 162 g/mol. The smallest absolute Gasteiger partial charge is 0.214 e. The first-order chi connectivity index (χ1) is 5.77. The van der Waals surface area contributed by atoms with Crippen molar-refractivity contribution in [2.24, 2.45) is 0 Å². The number of hydrogen-bond acceptors (Lipinski definition) is 3. The average molecular weight is 162 g/mol.